The molecule has 4 nitrogen and oxygen atoms in total. The van der Waals surface area contributed by atoms with Gasteiger partial charge >= 0.3 is 0 Å². The fourth-order valence-electron chi connectivity index (χ4n) is 7.19. The van der Waals surface area contributed by atoms with E-state index in [0.29, 0.717) is 11.6 Å². The first kappa shape index (κ1) is 35.1. The normalized spacial score (nSPS) is 11.2. The van der Waals surface area contributed by atoms with E-state index in [0.717, 1.165) is 39.3 Å². The number of anilines is 1. The number of halogens is 2. The van der Waals surface area contributed by atoms with E-state index in [-0.39, 0.29) is 23.5 Å². The Labute approximate surface area is 299 Å². The monoisotopic (exact) mass is 679 g/mol. The number of hydrogen-bond donors (Lipinski definition) is 1. The predicted molar refractivity (Wildman–Crippen MR) is 207 cm³/mol. The highest BCUT2D eigenvalue weighted by Crippen LogP contribution is 2.42. The summed E-state index contributed by atoms with van der Waals surface area (Å²) in [6.45, 7) is 10.7. The lowest BCUT2D eigenvalue weighted by atomic mass is 9.94. The number of rotatable bonds is 7. The number of nitrogens with one attached hydrogen (secondary N) is 1. The molecular weight excluding hydrogens is 637 g/mol. The fourth-order valence-corrected chi connectivity index (χ4v) is 7.19. The maximum Gasteiger partial charge on any atom is 0.258 e. The Morgan fingerprint density at radius 2 is 1.14 bits per heavy atom. The third kappa shape index (κ3) is 7.13. The van der Waals surface area contributed by atoms with E-state index < -0.39 is 0 Å². The summed E-state index contributed by atoms with van der Waals surface area (Å²) in [6, 6.07) is 41.3. The number of fused-ring (bicyclic) bond motifs is 1. The van der Waals surface area contributed by atoms with Gasteiger partial charge in [-0.3, -0.25) is 4.79 Å². The summed E-state index contributed by atoms with van der Waals surface area (Å²) in [5.41, 5.74) is 10.6. The zero-order valence-electron chi connectivity index (χ0n) is 29.9. The molecule has 0 fully saturated rings. The summed E-state index contributed by atoms with van der Waals surface area (Å²) in [6.07, 6.45) is 0. The number of benzene rings is 5. The third-order valence-corrected chi connectivity index (χ3v) is 9.23. The summed E-state index contributed by atoms with van der Waals surface area (Å²) in [7, 11) is 1.97. The van der Waals surface area contributed by atoms with Crippen molar-refractivity contribution in [3.63, 3.8) is 0 Å². The molecule has 0 unspecified atom stereocenters. The van der Waals surface area contributed by atoms with Gasteiger partial charge in [0.2, 0.25) is 0 Å². The summed E-state index contributed by atoms with van der Waals surface area (Å²) < 4.78 is 31.2. The topological polar surface area (TPSA) is 39.0 Å². The Morgan fingerprint density at radius 1 is 0.627 bits per heavy atom. The van der Waals surface area contributed by atoms with Gasteiger partial charge in [0.15, 0.2) is 0 Å². The van der Waals surface area contributed by atoms with Crippen molar-refractivity contribution in [2.45, 2.75) is 46.6 Å². The molecule has 5 aromatic carbocycles. The Balaban J connectivity index is 0.000000193. The fraction of sp³-hybridized carbons (Fsp3) is 0.178. The van der Waals surface area contributed by atoms with Crippen LogP contribution in [0.5, 0.6) is 0 Å². The van der Waals surface area contributed by atoms with Crippen LogP contribution in [0, 0.1) is 18.6 Å². The molecule has 1 N–H and O–H groups in total. The SMILES string of the molecule is CC(C)c1c(C(=O)Nc2ccccc2)c(-c2ccccc2)c(-c2ccc(F)cc2)n1C.Cc1c(-c2ccc(F)cc2)c2ccccc2n1C(C)C. The van der Waals surface area contributed by atoms with Crippen LogP contribution in [0.3, 0.4) is 0 Å². The molecule has 51 heavy (non-hydrogen) atoms. The van der Waals surface area contributed by atoms with Gasteiger partial charge in [0.25, 0.3) is 5.91 Å². The van der Waals surface area contributed by atoms with Crippen LogP contribution < -0.4 is 5.32 Å². The quantitative estimate of drug-likeness (QED) is 0.179. The van der Waals surface area contributed by atoms with E-state index in [2.05, 4.69) is 73.3 Å². The molecule has 0 aliphatic carbocycles. The smallest absolute Gasteiger partial charge is 0.258 e. The minimum absolute atomic E-state index is 0.109. The van der Waals surface area contributed by atoms with Crippen LogP contribution >= 0.6 is 0 Å². The van der Waals surface area contributed by atoms with Crippen LogP contribution in [-0.2, 0) is 7.05 Å². The Hall–Kier alpha value is -5.75. The van der Waals surface area contributed by atoms with Crippen LogP contribution in [0.2, 0.25) is 0 Å². The first-order valence-electron chi connectivity index (χ1n) is 17.3. The van der Waals surface area contributed by atoms with E-state index in [1.807, 2.05) is 79.8 Å². The van der Waals surface area contributed by atoms with E-state index in [1.54, 1.807) is 12.1 Å². The number of hydrogen-bond acceptors (Lipinski definition) is 1. The number of amides is 1. The second-order valence-electron chi connectivity index (χ2n) is 13.3. The van der Waals surface area contributed by atoms with Gasteiger partial charge in [-0.15, -0.1) is 0 Å². The second-order valence-corrected chi connectivity index (χ2v) is 13.3. The van der Waals surface area contributed by atoms with Gasteiger partial charge in [-0.25, -0.2) is 8.78 Å². The molecule has 0 spiro atoms. The van der Waals surface area contributed by atoms with Crippen molar-refractivity contribution >= 4 is 22.5 Å². The molecule has 0 saturated heterocycles. The molecule has 0 radical (unpaired) electrons. The lowest BCUT2D eigenvalue weighted by Crippen LogP contribution is -2.15. The maximum absolute atomic E-state index is 13.6. The van der Waals surface area contributed by atoms with Gasteiger partial charge in [0.05, 0.1) is 11.3 Å². The molecule has 0 bridgehead atoms. The highest BCUT2D eigenvalue weighted by atomic mass is 19.1. The molecule has 258 valence electrons. The van der Waals surface area contributed by atoms with Crippen molar-refractivity contribution in [2.75, 3.05) is 5.32 Å². The molecular formula is C45H43F2N3O. The van der Waals surface area contributed by atoms with Gasteiger partial charge in [-0.1, -0.05) is 92.7 Å². The van der Waals surface area contributed by atoms with Crippen molar-refractivity contribution in [3.05, 3.63) is 162 Å². The van der Waals surface area contributed by atoms with Gasteiger partial charge in [0, 0.05) is 52.2 Å². The van der Waals surface area contributed by atoms with Crippen LogP contribution in [0.25, 0.3) is 44.4 Å². The molecule has 0 aliphatic rings. The van der Waals surface area contributed by atoms with Crippen molar-refractivity contribution in [1.82, 2.24) is 9.13 Å². The van der Waals surface area contributed by atoms with Gasteiger partial charge in [-0.05, 0) is 98.0 Å². The summed E-state index contributed by atoms with van der Waals surface area (Å²) in [5, 5.41) is 4.28. The number of carbonyl (C=O) groups is 1. The minimum Gasteiger partial charge on any atom is -0.346 e. The third-order valence-electron chi connectivity index (χ3n) is 9.23. The Kier molecular flexibility index (Phi) is 10.3. The molecule has 0 atom stereocenters. The van der Waals surface area contributed by atoms with E-state index in [4.69, 9.17) is 0 Å². The number of para-hydroxylation sites is 2. The number of nitrogens with zero attached hydrogens (tertiary/aromatic N) is 2. The summed E-state index contributed by atoms with van der Waals surface area (Å²) >= 11 is 0. The Bertz CT molecular complexity index is 2270. The lowest BCUT2D eigenvalue weighted by molar-refractivity contribution is 0.102. The van der Waals surface area contributed by atoms with Crippen molar-refractivity contribution in [2.24, 2.45) is 7.05 Å². The van der Waals surface area contributed by atoms with Crippen LogP contribution in [-0.4, -0.2) is 15.0 Å². The highest BCUT2D eigenvalue weighted by Gasteiger charge is 2.29. The van der Waals surface area contributed by atoms with Crippen molar-refractivity contribution in [3.8, 4) is 33.5 Å². The molecule has 7 aromatic rings. The maximum atomic E-state index is 13.6. The molecule has 2 aromatic heterocycles. The highest BCUT2D eigenvalue weighted by molar-refractivity contribution is 6.12. The van der Waals surface area contributed by atoms with Gasteiger partial charge in [0.1, 0.15) is 11.6 Å². The minimum atomic E-state index is -0.287. The largest absolute Gasteiger partial charge is 0.346 e. The molecule has 2 heterocycles. The summed E-state index contributed by atoms with van der Waals surface area (Å²) in [4.78, 5) is 13.6. The molecule has 1 amide bonds. The summed E-state index contributed by atoms with van der Waals surface area (Å²) in [5.74, 6) is -0.528. The van der Waals surface area contributed by atoms with Gasteiger partial charge in [-0.2, -0.15) is 0 Å². The first-order valence-corrected chi connectivity index (χ1v) is 17.3. The molecule has 7 rings (SSSR count). The van der Waals surface area contributed by atoms with E-state index in [1.165, 1.54) is 46.4 Å². The lowest BCUT2D eigenvalue weighted by Gasteiger charge is -2.13. The molecule has 0 aliphatic heterocycles. The van der Waals surface area contributed by atoms with Crippen LogP contribution in [0.4, 0.5) is 14.5 Å². The standard InChI is InChI=1S/C27H25FN2O.C18H18FN/c1-18(2)25-24(27(31)29-22-12-8-5-9-13-22)23(19-10-6-4-7-11-19)26(30(25)3)20-14-16-21(28)17-15-20;1-12(2)20-13(3)18(14-8-10-15(19)11-9-14)16-6-4-5-7-17(16)20/h4-18H,1-3H3,(H,29,31);4-12H,1-3H3. The number of carbonyl (C=O) groups excluding carboxylic acids is 1. The van der Waals surface area contributed by atoms with Gasteiger partial charge < -0.3 is 14.5 Å². The number of aromatic nitrogens is 2. The van der Waals surface area contributed by atoms with Crippen LogP contribution in [0.1, 0.15) is 61.4 Å². The zero-order valence-corrected chi connectivity index (χ0v) is 29.9. The second kappa shape index (κ2) is 15.0. The van der Waals surface area contributed by atoms with E-state index in [9.17, 15) is 13.6 Å². The Morgan fingerprint density at radius 3 is 1.71 bits per heavy atom. The zero-order chi connectivity index (χ0) is 36.2. The molecule has 0 saturated carbocycles. The van der Waals surface area contributed by atoms with E-state index >= 15 is 0 Å². The van der Waals surface area contributed by atoms with Crippen LogP contribution in [0.15, 0.2) is 133 Å². The predicted octanol–water partition coefficient (Wildman–Crippen LogP) is 12.2. The molecule has 6 heteroatoms. The average molecular weight is 680 g/mol. The van der Waals surface area contributed by atoms with Crippen molar-refractivity contribution in [1.29, 1.82) is 0 Å². The first-order chi connectivity index (χ1) is 24.6. The van der Waals surface area contributed by atoms with Crippen molar-refractivity contribution < 1.29 is 13.6 Å². The average Bonchev–Trinajstić information content (AvgIpc) is 3.61.